The lowest BCUT2D eigenvalue weighted by atomic mass is 9.87. The van der Waals surface area contributed by atoms with Gasteiger partial charge in [0.05, 0.1) is 5.60 Å². The Morgan fingerprint density at radius 3 is 2.56 bits per heavy atom. The molecule has 1 aliphatic rings. The number of rotatable bonds is 7. The van der Waals surface area contributed by atoms with Gasteiger partial charge in [0.25, 0.3) is 0 Å². The third kappa shape index (κ3) is 4.42. The smallest absolute Gasteiger partial charge is 0.0771 e. The number of nitrogens with one attached hydrogen (secondary N) is 1. The van der Waals surface area contributed by atoms with Crippen LogP contribution in [0.4, 0.5) is 0 Å². The van der Waals surface area contributed by atoms with Crippen molar-refractivity contribution in [1.82, 2.24) is 5.32 Å². The average molecular weight is 227 g/mol. The van der Waals surface area contributed by atoms with Gasteiger partial charge in [-0.25, -0.2) is 0 Å². The van der Waals surface area contributed by atoms with Gasteiger partial charge in [-0.05, 0) is 44.6 Å². The topological polar surface area (TPSA) is 32.3 Å². The highest BCUT2D eigenvalue weighted by molar-refractivity contribution is 4.87. The van der Waals surface area contributed by atoms with Crippen LogP contribution in [0.5, 0.6) is 0 Å². The minimum Gasteiger partial charge on any atom is -0.389 e. The lowest BCUT2D eigenvalue weighted by Gasteiger charge is -2.30. The van der Waals surface area contributed by atoms with E-state index < -0.39 is 5.60 Å². The molecule has 2 unspecified atom stereocenters. The predicted octanol–water partition coefficient (Wildman–Crippen LogP) is 2.95. The fraction of sp³-hybridized carbons (Fsp3) is 1.00. The Morgan fingerprint density at radius 2 is 2.00 bits per heavy atom. The van der Waals surface area contributed by atoms with E-state index in [9.17, 15) is 5.11 Å². The van der Waals surface area contributed by atoms with Crippen molar-refractivity contribution in [2.45, 2.75) is 64.9 Å². The van der Waals surface area contributed by atoms with Crippen molar-refractivity contribution in [2.24, 2.45) is 11.8 Å². The fourth-order valence-corrected chi connectivity index (χ4v) is 2.86. The minimum absolute atomic E-state index is 0.498. The van der Waals surface area contributed by atoms with Gasteiger partial charge in [-0.1, -0.05) is 33.1 Å². The minimum atomic E-state index is -0.498. The number of hydrogen-bond acceptors (Lipinski definition) is 2. The molecular weight excluding hydrogens is 198 g/mol. The molecule has 0 heterocycles. The summed E-state index contributed by atoms with van der Waals surface area (Å²) in [7, 11) is 0. The molecule has 16 heavy (non-hydrogen) atoms. The molecule has 0 aromatic carbocycles. The summed E-state index contributed by atoms with van der Waals surface area (Å²) in [4.78, 5) is 0. The van der Waals surface area contributed by atoms with E-state index in [0.29, 0.717) is 5.92 Å². The third-order valence-corrected chi connectivity index (χ3v) is 3.99. The molecule has 0 saturated heterocycles. The summed E-state index contributed by atoms with van der Waals surface area (Å²) in [5.41, 5.74) is -0.498. The van der Waals surface area contributed by atoms with Crippen molar-refractivity contribution in [3.05, 3.63) is 0 Å². The van der Waals surface area contributed by atoms with Gasteiger partial charge in [0.2, 0.25) is 0 Å². The second kappa shape index (κ2) is 6.61. The largest absolute Gasteiger partial charge is 0.389 e. The predicted molar refractivity (Wildman–Crippen MR) is 69.5 cm³/mol. The van der Waals surface area contributed by atoms with E-state index in [1.165, 1.54) is 38.5 Å². The molecular formula is C14H29NO. The summed E-state index contributed by atoms with van der Waals surface area (Å²) < 4.78 is 0. The van der Waals surface area contributed by atoms with Crippen molar-refractivity contribution in [2.75, 3.05) is 13.1 Å². The Balaban J connectivity index is 2.19. The van der Waals surface area contributed by atoms with Crippen LogP contribution in [0, 0.1) is 11.8 Å². The van der Waals surface area contributed by atoms with E-state index in [4.69, 9.17) is 0 Å². The van der Waals surface area contributed by atoms with Crippen molar-refractivity contribution < 1.29 is 5.11 Å². The second-order valence-electron chi connectivity index (χ2n) is 5.86. The summed E-state index contributed by atoms with van der Waals surface area (Å²) in [5.74, 6) is 1.24. The van der Waals surface area contributed by atoms with Gasteiger partial charge in [0.1, 0.15) is 0 Å². The molecule has 2 heteroatoms. The molecule has 0 aliphatic heterocycles. The van der Waals surface area contributed by atoms with Gasteiger partial charge in [-0.15, -0.1) is 0 Å². The van der Waals surface area contributed by atoms with Crippen molar-refractivity contribution in [3.8, 4) is 0 Å². The first-order chi connectivity index (χ1) is 7.56. The van der Waals surface area contributed by atoms with Crippen LogP contribution in [-0.2, 0) is 0 Å². The van der Waals surface area contributed by atoms with E-state index in [1.54, 1.807) is 0 Å². The van der Waals surface area contributed by atoms with Crippen molar-refractivity contribution >= 4 is 0 Å². The Kier molecular flexibility index (Phi) is 5.77. The molecule has 0 amide bonds. The van der Waals surface area contributed by atoms with Gasteiger partial charge in [0.15, 0.2) is 0 Å². The maximum atomic E-state index is 10.4. The Morgan fingerprint density at radius 1 is 1.38 bits per heavy atom. The molecule has 0 aromatic rings. The van der Waals surface area contributed by atoms with Crippen LogP contribution >= 0.6 is 0 Å². The Labute approximate surface area is 101 Å². The lowest BCUT2D eigenvalue weighted by molar-refractivity contribution is 0.00190. The molecule has 0 radical (unpaired) electrons. The monoisotopic (exact) mass is 227 g/mol. The second-order valence-corrected chi connectivity index (χ2v) is 5.86. The van der Waals surface area contributed by atoms with Crippen LogP contribution < -0.4 is 5.32 Å². The van der Waals surface area contributed by atoms with Crippen LogP contribution in [0.25, 0.3) is 0 Å². The molecule has 1 aliphatic carbocycles. The molecule has 2 N–H and O–H groups in total. The molecule has 0 spiro atoms. The van der Waals surface area contributed by atoms with Crippen molar-refractivity contribution in [1.29, 1.82) is 0 Å². The van der Waals surface area contributed by atoms with Gasteiger partial charge in [-0.3, -0.25) is 0 Å². The molecule has 1 saturated carbocycles. The van der Waals surface area contributed by atoms with Crippen LogP contribution in [-0.4, -0.2) is 23.8 Å². The summed E-state index contributed by atoms with van der Waals surface area (Å²) >= 11 is 0. The van der Waals surface area contributed by atoms with Crippen molar-refractivity contribution in [3.63, 3.8) is 0 Å². The Hall–Kier alpha value is -0.0800. The van der Waals surface area contributed by atoms with Crippen LogP contribution in [0.3, 0.4) is 0 Å². The quantitative estimate of drug-likeness (QED) is 0.701. The normalized spacial score (nSPS) is 23.2. The molecule has 96 valence electrons. The zero-order chi connectivity index (χ0) is 12.0. The number of hydrogen-bond donors (Lipinski definition) is 2. The average Bonchev–Trinajstić information content (AvgIpc) is 2.71. The number of aliphatic hydroxyl groups is 1. The van der Waals surface area contributed by atoms with Gasteiger partial charge >= 0.3 is 0 Å². The lowest BCUT2D eigenvalue weighted by Crippen LogP contribution is -2.44. The van der Waals surface area contributed by atoms with Crippen LogP contribution in [0.15, 0.2) is 0 Å². The molecule has 2 atom stereocenters. The first kappa shape index (κ1) is 14.0. The van der Waals surface area contributed by atoms with Crippen LogP contribution in [0.1, 0.15) is 59.3 Å². The first-order valence-corrected chi connectivity index (χ1v) is 6.99. The summed E-state index contributed by atoms with van der Waals surface area (Å²) in [6, 6.07) is 0. The van der Waals surface area contributed by atoms with Gasteiger partial charge in [0, 0.05) is 6.54 Å². The van der Waals surface area contributed by atoms with E-state index in [-0.39, 0.29) is 0 Å². The van der Waals surface area contributed by atoms with E-state index in [2.05, 4.69) is 19.2 Å². The standard InChI is InChI=1S/C14H29NO/c1-4-7-12(2)10-15-11-14(3,16)13-8-5-6-9-13/h12-13,15-16H,4-11H2,1-3H3. The van der Waals surface area contributed by atoms with E-state index in [0.717, 1.165) is 19.0 Å². The van der Waals surface area contributed by atoms with Crippen LogP contribution in [0.2, 0.25) is 0 Å². The first-order valence-electron chi connectivity index (χ1n) is 6.99. The van der Waals surface area contributed by atoms with E-state index in [1.807, 2.05) is 6.92 Å². The maximum absolute atomic E-state index is 10.4. The zero-order valence-corrected chi connectivity index (χ0v) is 11.3. The molecule has 0 bridgehead atoms. The highest BCUT2D eigenvalue weighted by atomic mass is 16.3. The maximum Gasteiger partial charge on any atom is 0.0771 e. The molecule has 0 aromatic heterocycles. The zero-order valence-electron chi connectivity index (χ0n) is 11.3. The summed E-state index contributed by atoms with van der Waals surface area (Å²) in [6.45, 7) is 8.30. The highest BCUT2D eigenvalue weighted by Gasteiger charge is 2.33. The summed E-state index contributed by atoms with van der Waals surface area (Å²) in [6.07, 6.45) is 7.54. The highest BCUT2D eigenvalue weighted by Crippen LogP contribution is 2.33. The Bertz CT molecular complexity index is 185. The third-order valence-electron chi connectivity index (χ3n) is 3.99. The molecule has 2 nitrogen and oxygen atoms in total. The van der Waals surface area contributed by atoms with E-state index >= 15 is 0 Å². The van der Waals surface area contributed by atoms with Gasteiger partial charge < -0.3 is 10.4 Å². The molecule has 1 rings (SSSR count). The summed E-state index contributed by atoms with van der Waals surface area (Å²) in [5, 5.41) is 13.8. The molecule has 1 fully saturated rings. The SMILES string of the molecule is CCCC(C)CNCC(C)(O)C1CCCC1. The van der Waals surface area contributed by atoms with Gasteiger partial charge in [-0.2, -0.15) is 0 Å². The fourth-order valence-electron chi connectivity index (χ4n) is 2.86.